The van der Waals surface area contributed by atoms with Gasteiger partial charge in [-0.1, -0.05) is 17.7 Å². The van der Waals surface area contributed by atoms with Gasteiger partial charge in [0.15, 0.2) is 5.76 Å². The Morgan fingerprint density at radius 2 is 2.08 bits per heavy atom. The van der Waals surface area contributed by atoms with Crippen molar-refractivity contribution in [2.75, 3.05) is 6.54 Å². The van der Waals surface area contributed by atoms with Crippen LogP contribution in [0, 0.1) is 0 Å². The van der Waals surface area contributed by atoms with Crippen LogP contribution in [0.5, 0.6) is 0 Å². The highest BCUT2D eigenvalue weighted by molar-refractivity contribution is 7.16. The molecule has 5 nitrogen and oxygen atoms in total. The minimum atomic E-state index is -0.182. The number of nitrogens with zero attached hydrogens (tertiary/aromatic N) is 2. The summed E-state index contributed by atoms with van der Waals surface area (Å²) in [7, 11) is 0. The van der Waals surface area contributed by atoms with Crippen molar-refractivity contribution >= 4 is 28.8 Å². The van der Waals surface area contributed by atoms with Gasteiger partial charge in [-0.3, -0.25) is 9.59 Å². The van der Waals surface area contributed by atoms with Crippen LogP contribution in [0.3, 0.4) is 0 Å². The van der Waals surface area contributed by atoms with Crippen LogP contribution in [-0.2, 0) is 13.1 Å². The molecule has 0 bridgehead atoms. The van der Waals surface area contributed by atoms with E-state index in [1.54, 1.807) is 35.4 Å². The second-order valence-corrected chi connectivity index (χ2v) is 7.26. The van der Waals surface area contributed by atoms with E-state index in [-0.39, 0.29) is 17.2 Å². The second kappa shape index (κ2) is 7.72. The van der Waals surface area contributed by atoms with Crippen LogP contribution in [0.2, 0.25) is 4.34 Å². The maximum atomic E-state index is 12.7. The highest BCUT2D eigenvalue weighted by atomic mass is 35.5. The third-order valence-corrected chi connectivity index (χ3v) is 4.96. The average molecular weight is 377 g/mol. The molecule has 7 heteroatoms. The molecule has 1 amide bonds. The van der Waals surface area contributed by atoms with Gasteiger partial charge in [0, 0.05) is 23.7 Å². The summed E-state index contributed by atoms with van der Waals surface area (Å²) in [6, 6.07) is 12.1. The number of pyridine rings is 1. The average Bonchev–Trinajstić information content (AvgIpc) is 3.23. The minimum absolute atomic E-state index is 0.114. The second-order valence-electron chi connectivity index (χ2n) is 5.46. The smallest absolute Gasteiger partial charge is 0.289 e. The molecule has 3 rings (SSSR count). The number of carbonyl (C=O) groups is 1. The number of thiophene rings is 1. The van der Waals surface area contributed by atoms with Gasteiger partial charge >= 0.3 is 0 Å². The Bertz CT molecular complexity index is 928. The van der Waals surface area contributed by atoms with E-state index >= 15 is 0 Å². The van der Waals surface area contributed by atoms with Gasteiger partial charge in [-0.15, -0.1) is 11.3 Å². The topological polar surface area (TPSA) is 55.5 Å². The SMILES string of the molecule is CCN(Cc1ccc(Cl)s1)C(=O)c1ccc(Cn2ccccc2=O)o1. The van der Waals surface area contributed by atoms with Crippen molar-refractivity contribution in [1.29, 1.82) is 0 Å². The first-order chi connectivity index (χ1) is 12.1. The number of hydrogen-bond acceptors (Lipinski definition) is 4. The molecule has 3 aromatic heterocycles. The van der Waals surface area contributed by atoms with Gasteiger partial charge in [0.25, 0.3) is 11.5 Å². The minimum Gasteiger partial charge on any atom is -0.454 e. The Kier molecular flexibility index (Phi) is 5.40. The van der Waals surface area contributed by atoms with Crippen LogP contribution in [0.25, 0.3) is 0 Å². The lowest BCUT2D eigenvalue weighted by molar-refractivity contribution is 0.0720. The predicted octanol–water partition coefficient (Wildman–Crippen LogP) is 3.87. The Hall–Kier alpha value is -2.31. The number of carbonyl (C=O) groups excluding carboxylic acids is 1. The molecule has 0 atom stereocenters. The van der Waals surface area contributed by atoms with Crippen LogP contribution >= 0.6 is 22.9 Å². The molecule has 0 spiro atoms. The number of hydrogen-bond donors (Lipinski definition) is 0. The molecule has 0 fully saturated rings. The van der Waals surface area contributed by atoms with Gasteiger partial charge in [0.1, 0.15) is 5.76 Å². The zero-order valence-corrected chi connectivity index (χ0v) is 15.2. The number of amides is 1. The van der Waals surface area contributed by atoms with E-state index in [1.165, 1.54) is 22.0 Å². The summed E-state index contributed by atoms with van der Waals surface area (Å²) >= 11 is 7.40. The van der Waals surface area contributed by atoms with Crippen LogP contribution in [0.4, 0.5) is 0 Å². The van der Waals surface area contributed by atoms with Gasteiger partial charge in [-0.25, -0.2) is 0 Å². The van der Waals surface area contributed by atoms with Crippen LogP contribution in [-0.4, -0.2) is 21.9 Å². The van der Waals surface area contributed by atoms with E-state index in [1.807, 2.05) is 19.1 Å². The number of rotatable bonds is 6. The van der Waals surface area contributed by atoms with E-state index < -0.39 is 0 Å². The Morgan fingerprint density at radius 3 is 2.76 bits per heavy atom. The van der Waals surface area contributed by atoms with Crippen molar-refractivity contribution in [3.05, 3.63) is 79.7 Å². The zero-order chi connectivity index (χ0) is 17.8. The number of aromatic nitrogens is 1. The lowest BCUT2D eigenvalue weighted by atomic mass is 10.3. The van der Waals surface area contributed by atoms with Gasteiger partial charge in [0.2, 0.25) is 0 Å². The first-order valence-electron chi connectivity index (χ1n) is 7.84. The summed E-state index contributed by atoms with van der Waals surface area (Å²) in [5.74, 6) is 0.647. The molecule has 3 aromatic rings. The molecule has 0 aliphatic heterocycles. The first kappa shape index (κ1) is 17.5. The monoisotopic (exact) mass is 376 g/mol. The van der Waals surface area contributed by atoms with Crippen LogP contribution < -0.4 is 5.56 Å². The van der Waals surface area contributed by atoms with Crippen molar-refractivity contribution in [1.82, 2.24) is 9.47 Å². The van der Waals surface area contributed by atoms with Gasteiger partial charge < -0.3 is 13.9 Å². The summed E-state index contributed by atoms with van der Waals surface area (Å²) in [6.07, 6.45) is 1.69. The molecule has 0 unspecified atom stereocenters. The molecule has 0 N–H and O–H groups in total. The molecule has 0 aliphatic carbocycles. The highest BCUT2D eigenvalue weighted by Crippen LogP contribution is 2.23. The zero-order valence-electron chi connectivity index (χ0n) is 13.6. The van der Waals surface area contributed by atoms with E-state index in [9.17, 15) is 9.59 Å². The normalized spacial score (nSPS) is 10.8. The largest absolute Gasteiger partial charge is 0.454 e. The standard InChI is InChI=1S/C18H17ClN2O3S/c1-2-20(12-14-7-9-16(19)25-14)18(23)15-8-6-13(24-15)11-21-10-4-3-5-17(21)22/h3-10H,2,11-12H2,1H3. The van der Waals surface area contributed by atoms with E-state index in [0.29, 0.717) is 29.7 Å². The van der Waals surface area contributed by atoms with Gasteiger partial charge in [-0.05, 0) is 37.3 Å². The van der Waals surface area contributed by atoms with Crippen LogP contribution in [0.1, 0.15) is 28.1 Å². The molecular weight excluding hydrogens is 360 g/mol. The molecule has 0 radical (unpaired) electrons. The van der Waals surface area contributed by atoms with E-state index in [4.69, 9.17) is 16.0 Å². The first-order valence-corrected chi connectivity index (χ1v) is 9.04. The lowest BCUT2D eigenvalue weighted by Gasteiger charge is -2.18. The molecule has 0 saturated heterocycles. The highest BCUT2D eigenvalue weighted by Gasteiger charge is 2.19. The van der Waals surface area contributed by atoms with Gasteiger partial charge in [-0.2, -0.15) is 0 Å². The molecule has 25 heavy (non-hydrogen) atoms. The third-order valence-electron chi connectivity index (χ3n) is 3.74. The van der Waals surface area contributed by atoms with E-state index in [0.717, 1.165) is 4.88 Å². The van der Waals surface area contributed by atoms with Gasteiger partial charge in [0.05, 0.1) is 17.4 Å². The fourth-order valence-electron chi connectivity index (χ4n) is 2.44. The molecule has 3 heterocycles. The quantitative estimate of drug-likeness (QED) is 0.656. The molecular formula is C18H17ClN2O3S. The summed E-state index contributed by atoms with van der Waals surface area (Å²) in [6.45, 7) is 3.25. The Morgan fingerprint density at radius 1 is 1.24 bits per heavy atom. The summed E-state index contributed by atoms with van der Waals surface area (Å²) in [5.41, 5.74) is -0.114. The van der Waals surface area contributed by atoms with E-state index in [2.05, 4.69) is 0 Å². The third kappa shape index (κ3) is 4.21. The number of furan rings is 1. The van der Waals surface area contributed by atoms with Crippen molar-refractivity contribution in [3.63, 3.8) is 0 Å². The summed E-state index contributed by atoms with van der Waals surface area (Å²) in [4.78, 5) is 27.1. The predicted molar refractivity (Wildman–Crippen MR) is 98.3 cm³/mol. The van der Waals surface area contributed by atoms with Crippen molar-refractivity contribution < 1.29 is 9.21 Å². The number of halogens is 1. The molecule has 0 aromatic carbocycles. The Balaban J connectivity index is 1.72. The fraction of sp³-hybridized carbons (Fsp3) is 0.222. The maximum Gasteiger partial charge on any atom is 0.289 e. The van der Waals surface area contributed by atoms with Crippen LogP contribution in [0.15, 0.2) is 57.9 Å². The summed E-state index contributed by atoms with van der Waals surface area (Å²) < 4.78 is 7.88. The molecule has 0 saturated carbocycles. The maximum absolute atomic E-state index is 12.7. The fourth-order valence-corrected chi connectivity index (χ4v) is 3.55. The molecule has 0 aliphatic rings. The van der Waals surface area contributed by atoms with Crippen molar-refractivity contribution in [2.45, 2.75) is 20.0 Å². The Labute approximate surface area is 154 Å². The van der Waals surface area contributed by atoms with Crippen molar-refractivity contribution in [3.8, 4) is 0 Å². The summed E-state index contributed by atoms with van der Waals surface area (Å²) in [5, 5.41) is 0. The van der Waals surface area contributed by atoms with Crippen molar-refractivity contribution in [2.24, 2.45) is 0 Å². The molecule has 130 valence electrons. The lowest BCUT2D eigenvalue weighted by Crippen LogP contribution is -2.29.